The first-order chi connectivity index (χ1) is 12.8. The predicted molar refractivity (Wildman–Crippen MR) is 109 cm³/mol. The number of nitrogens with zero attached hydrogens (tertiary/aromatic N) is 2. The molecule has 5 heteroatoms. The summed E-state index contributed by atoms with van der Waals surface area (Å²) in [5, 5.41) is 8.59. The minimum Gasteiger partial charge on any atom is -0.377 e. The van der Waals surface area contributed by atoms with Crippen LogP contribution in [0.2, 0.25) is 5.02 Å². The standard InChI is InChI=1S/C22H25ClN3O/c1-22(2,3)21-13-19(26(25-21)15-16-8-5-4-6-9-16)20(27)14-24-18-11-7-10-17(23)12-18/h4-13,21,24H,14-15H2,1-3H3/q+1. The molecule has 1 unspecified atom stereocenters. The van der Waals surface area contributed by atoms with Crippen LogP contribution in [-0.4, -0.2) is 23.1 Å². The van der Waals surface area contributed by atoms with Gasteiger partial charge in [0.05, 0.1) is 6.54 Å². The monoisotopic (exact) mass is 382 g/mol. The molecule has 4 nitrogen and oxygen atoms in total. The maximum atomic E-state index is 12.9. The van der Waals surface area contributed by atoms with Crippen molar-refractivity contribution in [1.29, 1.82) is 0 Å². The van der Waals surface area contributed by atoms with E-state index in [2.05, 4.69) is 26.1 Å². The minimum absolute atomic E-state index is 0.0152. The number of carbonyl (C=O) groups excluding carboxylic acids is 1. The van der Waals surface area contributed by atoms with Gasteiger partial charge in [0, 0.05) is 22.3 Å². The van der Waals surface area contributed by atoms with E-state index in [4.69, 9.17) is 16.7 Å². The molecule has 0 radical (unpaired) electrons. The van der Waals surface area contributed by atoms with Gasteiger partial charge < -0.3 is 5.32 Å². The van der Waals surface area contributed by atoms with Crippen molar-refractivity contribution in [3.8, 4) is 0 Å². The third-order valence-electron chi connectivity index (χ3n) is 4.48. The molecular formula is C22H25ClN3O+. The van der Waals surface area contributed by atoms with Gasteiger partial charge >= 0.3 is 0 Å². The van der Waals surface area contributed by atoms with Crippen molar-refractivity contribution in [3.05, 3.63) is 77.0 Å². The second kappa shape index (κ2) is 8.05. The molecule has 1 aliphatic rings. The highest BCUT2D eigenvalue weighted by molar-refractivity contribution is 6.30. The summed E-state index contributed by atoms with van der Waals surface area (Å²) >= 11 is 6.01. The molecule has 0 aliphatic carbocycles. The second-order valence-electron chi connectivity index (χ2n) is 7.81. The van der Waals surface area contributed by atoms with Crippen LogP contribution in [0.25, 0.3) is 0 Å². The largest absolute Gasteiger partial charge is 0.377 e. The fourth-order valence-electron chi connectivity index (χ4n) is 2.90. The molecule has 140 valence electrons. The molecule has 1 aliphatic heterocycles. The smallest absolute Gasteiger partial charge is 0.274 e. The van der Waals surface area contributed by atoms with Crippen LogP contribution in [0.15, 0.2) is 71.5 Å². The highest BCUT2D eigenvalue weighted by Gasteiger charge is 2.38. The van der Waals surface area contributed by atoms with Crippen LogP contribution in [0.4, 0.5) is 5.69 Å². The normalized spacial score (nSPS) is 16.7. The van der Waals surface area contributed by atoms with Gasteiger partial charge in [-0.15, -0.1) is 0 Å². The molecule has 1 N–H and O–H groups in total. The van der Waals surface area contributed by atoms with Crippen LogP contribution in [0, 0.1) is 5.41 Å². The SMILES string of the molecule is CC(C)(C)C1C=C(C(=O)CNc2cccc(Cl)c2)[N+](Cc2ccccc2)=N1. The Hall–Kier alpha value is -2.46. The number of rotatable bonds is 6. The van der Waals surface area contributed by atoms with Crippen molar-refractivity contribution < 1.29 is 9.49 Å². The van der Waals surface area contributed by atoms with E-state index >= 15 is 0 Å². The summed E-state index contributed by atoms with van der Waals surface area (Å²) in [7, 11) is 0. The molecule has 0 amide bonds. The lowest BCUT2D eigenvalue weighted by molar-refractivity contribution is -0.553. The van der Waals surface area contributed by atoms with Gasteiger partial charge in [-0.25, -0.2) is 0 Å². The zero-order chi connectivity index (χ0) is 19.4. The van der Waals surface area contributed by atoms with Crippen molar-refractivity contribution in [2.45, 2.75) is 33.4 Å². The maximum Gasteiger partial charge on any atom is 0.274 e. The molecular weight excluding hydrogens is 358 g/mol. The molecule has 27 heavy (non-hydrogen) atoms. The van der Waals surface area contributed by atoms with Crippen LogP contribution >= 0.6 is 11.6 Å². The number of hydrogen-bond acceptors (Lipinski definition) is 3. The lowest BCUT2D eigenvalue weighted by Crippen LogP contribution is -2.21. The molecule has 0 aromatic heterocycles. The fourth-order valence-corrected chi connectivity index (χ4v) is 3.09. The van der Waals surface area contributed by atoms with Gasteiger partial charge in [-0.05, 0) is 28.7 Å². The first-order valence-electron chi connectivity index (χ1n) is 9.09. The van der Waals surface area contributed by atoms with Gasteiger partial charge in [-0.1, -0.05) is 73.5 Å². The van der Waals surface area contributed by atoms with Crippen molar-refractivity contribution in [2.75, 3.05) is 11.9 Å². The number of Topliss-reactive ketones (excluding diaryl/α,β-unsaturated/α-hetero) is 1. The third-order valence-corrected chi connectivity index (χ3v) is 4.72. The Bertz CT molecular complexity index is 882. The third kappa shape index (κ3) is 5.04. The first kappa shape index (κ1) is 19.3. The molecule has 2 aromatic rings. The van der Waals surface area contributed by atoms with Gasteiger partial charge in [-0.2, -0.15) is 0 Å². The van der Waals surface area contributed by atoms with Crippen LogP contribution in [0.5, 0.6) is 0 Å². The predicted octanol–water partition coefficient (Wildman–Crippen LogP) is 5.30. The van der Waals surface area contributed by atoms with E-state index in [-0.39, 0.29) is 23.8 Å². The average Bonchev–Trinajstić information content (AvgIpc) is 3.05. The highest BCUT2D eigenvalue weighted by Crippen LogP contribution is 2.30. The van der Waals surface area contributed by atoms with Crippen LogP contribution < -0.4 is 5.32 Å². The highest BCUT2D eigenvalue weighted by atomic mass is 35.5. The summed E-state index contributed by atoms with van der Waals surface area (Å²) < 4.78 is 1.84. The summed E-state index contributed by atoms with van der Waals surface area (Å²) in [5.41, 5.74) is 2.55. The number of azo groups is 2. The number of ketones is 1. The minimum atomic E-state index is -0.0443. The van der Waals surface area contributed by atoms with Gasteiger partial charge in [0.2, 0.25) is 5.78 Å². The summed E-state index contributed by atoms with van der Waals surface area (Å²) in [6, 6.07) is 17.4. The molecule has 2 aromatic carbocycles. The molecule has 0 spiro atoms. The Morgan fingerprint density at radius 2 is 1.89 bits per heavy atom. The number of halogens is 1. The molecule has 1 heterocycles. The topological polar surface area (TPSA) is 44.5 Å². The van der Waals surface area contributed by atoms with Crippen LogP contribution in [0.1, 0.15) is 26.3 Å². The van der Waals surface area contributed by atoms with E-state index in [0.717, 1.165) is 11.3 Å². The van der Waals surface area contributed by atoms with Crippen molar-refractivity contribution >= 4 is 23.1 Å². The summed E-state index contributed by atoms with van der Waals surface area (Å²) in [6.07, 6.45) is 1.99. The number of nitrogens with one attached hydrogen (secondary N) is 1. The van der Waals surface area contributed by atoms with E-state index in [0.29, 0.717) is 17.3 Å². The van der Waals surface area contributed by atoms with E-state index in [1.807, 2.05) is 65.4 Å². The molecule has 0 saturated carbocycles. The molecule has 0 saturated heterocycles. The number of hydrogen-bond donors (Lipinski definition) is 1. The zero-order valence-electron chi connectivity index (χ0n) is 15.9. The van der Waals surface area contributed by atoms with Crippen molar-refractivity contribution in [3.63, 3.8) is 0 Å². The number of benzene rings is 2. The summed E-state index contributed by atoms with van der Waals surface area (Å²) in [6.45, 7) is 7.19. The molecule has 1 atom stereocenters. The molecule has 3 rings (SSSR count). The van der Waals surface area contributed by atoms with Crippen molar-refractivity contribution in [2.24, 2.45) is 10.5 Å². The average molecular weight is 383 g/mol. The van der Waals surface area contributed by atoms with Gasteiger partial charge in [0.15, 0.2) is 6.54 Å². The summed E-state index contributed by atoms with van der Waals surface area (Å²) in [5.74, 6) is 0.0152. The lowest BCUT2D eigenvalue weighted by Gasteiger charge is -2.18. The van der Waals surface area contributed by atoms with E-state index < -0.39 is 0 Å². The quantitative estimate of drug-likeness (QED) is 0.689. The lowest BCUT2D eigenvalue weighted by atomic mass is 9.87. The maximum absolute atomic E-state index is 12.9. The van der Waals surface area contributed by atoms with E-state index in [9.17, 15) is 4.79 Å². The zero-order valence-corrected chi connectivity index (χ0v) is 16.7. The fraction of sp³-hybridized carbons (Fsp3) is 0.318. The van der Waals surface area contributed by atoms with Crippen LogP contribution in [0.3, 0.4) is 0 Å². The van der Waals surface area contributed by atoms with Gasteiger partial charge in [0.25, 0.3) is 5.70 Å². The Morgan fingerprint density at radius 1 is 1.15 bits per heavy atom. The number of carbonyl (C=O) groups is 1. The number of anilines is 1. The first-order valence-corrected chi connectivity index (χ1v) is 9.47. The van der Waals surface area contributed by atoms with E-state index in [1.165, 1.54) is 0 Å². The molecule has 0 bridgehead atoms. The van der Waals surface area contributed by atoms with Gasteiger partial charge in [0.1, 0.15) is 6.04 Å². The van der Waals surface area contributed by atoms with Crippen LogP contribution in [-0.2, 0) is 11.3 Å². The Kier molecular flexibility index (Phi) is 5.76. The molecule has 0 fully saturated rings. The summed E-state index contributed by atoms with van der Waals surface area (Å²) in [4.78, 5) is 12.9. The van der Waals surface area contributed by atoms with Gasteiger partial charge in [-0.3, -0.25) is 4.79 Å². The van der Waals surface area contributed by atoms with E-state index in [1.54, 1.807) is 0 Å². The van der Waals surface area contributed by atoms with Crippen molar-refractivity contribution in [1.82, 2.24) is 0 Å². The Balaban J connectivity index is 1.77. The Morgan fingerprint density at radius 3 is 2.56 bits per heavy atom. The Labute approximate surface area is 165 Å². The second-order valence-corrected chi connectivity index (χ2v) is 8.25.